The molecule has 0 aromatic carbocycles. The Morgan fingerprint density at radius 2 is 1.94 bits per heavy atom. The molecule has 0 saturated carbocycles. The van der Waals surface area contributed by atoms with Crippen LogP contribution in [0.3, 0.4) is 0 Å². The van der Waals surface area contributed by atoms with Gasteiger partial charge in [0.1, 0.15) is 11.6 Å². The van der Waals surface area contributed by atoms with Crippen molar-refractivity contribution in [2.75, 3.05) is 6.54 Å². The fourth-order valence-corrected chi connectivity index (χ4v) is 1.74. The minimum absolute atomic E-state index is 0.369. The van der Waals surface area contributed by atoms with E-state index in [1.807, 2.05) is 0 Å². The molecule has 1 aliphatic rings. The van der Waals surface area contributed by atoms with Crippen LogP contribution >= 0.6 is 0 Å². The Kier molecular flexibility index (Phi) is 3.83. The highest BCUT2D eigenvalue weighted by Gasteiger charge is 2.46. The summed E-state index contributed by atoms with van der Waals surface area (Å²) in [6, 6.07) is -1.44. The monoisotopic (exact) mass is 265 g/mol. The van der Waals surface area contributed by atoms with Gasteiger partial charge in [-0.15, -0.1) is 0 Å². The van der Waals surface area contributed by atoms with E-state index in [-0.39, 0.29) is 6.54 Å². The van der Waals surface area contributed by atoms with E-state index >= 15 is 0 Å². The standard InChI is InChI=1S/C11H17F2NO4/c1-10(2,3)18-8(15)7-6-11(12,13)4-5-14(7)9(16)17/h7H,4-6H2,1-3H3,(H,16,17). The van der Waals surface area contributed by atoms with Crippen LogP contribution in [0.4, 0.5) is 13.6 Å². The van der Waals surface area contributed by atoms with E-state index in [0.29, 0.717) is 4.90 Å². The Bertz CT molecular complexity index is 351. The van der Waals surface area contributed by atoms with Gasteiger partial charge in [-0.3, -0.25) is 4.90 Å². The predicted molar refractivity (Wildman–Crippen MR) is 58.5 cm³/mol. The maximum Gasteiger partial charge on any atom is 0.408 e. The molecule has 0 radical (unpaired) electrons. The molecule has 0 bridgehead atoms. The van der Waals surface area contributed by atoms with E-state index in [2.05, 4.69) is 0 Å². The fraction of sp³-hybridized carbons (Fsp3) is 0.818. The third kappa shape index (κ3) is 3.82. The lowest BCUT2D eigenvalue weighted by molar-refractivity contribution is -0.168. The Labute approximate surface area is 104 Å². The molecule has 1 aliphatic heterocycles. The molecule has 5 nitrogen and oxygen atoms in total. The number of esters is 1. The summed E-state index contributed by atoms with van der Waals surface area (Å²) in [5.41, 5.74) is -0.839. The van der Waals surface area contributed by atoms with Crippen molar-refractivity contribution < 1.29 is 28.2 Å². The van der Waals surface area contributed by atoms with Gasteiger partial charge >= 0.3 is 12.1 Å². The molecule has 0 spiro atoms. The van der Waals surface area contributed by atoms with Gasteiger partial charge in [-0.05, 0) is 20.8 Å². The number of likely N-dealkylation sites (tertiary alicyclic amines) is 1. The van der Waals surface area contributed by atoms with E-state index in [9.17, 15) is 18.4 Å². The summed E-state index contributed by atoms with van der Waals surface area (Å²) < 4.78 is 31.5. The zero-order valence-corrected chi connectivity index (χ0v) is 10.6. The number of piperidine rings is 1. The van der Waals surface area contributed by atoms with E-state index < -0.39 is 42.5 Å². The van der Waals surface area contributed by atoms with Gasteiger partial charge in [0.15, 0.2) is 0 Å². The van der Waals surface area contributed by atoms with Gasteiger partial charge in [-0.25, -0.2) is 18.4 Å². The van der Waals surface area contributed by atoms with E-state index in [1.165, 1.54) is 0 Å². The lowest BCUT2D eigenvalue weighted by Crippen LogP contribution is -2.54. The first-order valence-corrected chi connectivity index (χ1v) is 5.62. The number of rotatable bonds is 1. The first-order chi connectivity index (χ1) is 8.02. The molecular weight excluding hydrogens is 248 g/mol. The van der Waals surface area contributed by atoms with Crippen molar-refractivity contribution in [3.63, 3.8) is 0 Å². The lowest BCUT2D eigenvalue weighted by Gasteiger charge is -2.37. The molecule has 1 rings (SSSR count). The van der Waals surface area contributed by atoms with Crippen LogP contribution in [-0.2, 0) is 9.53 Å². The summed E-state index contributed by atoms with van der Waals surface area (Å²) in [6.45, 7) is 4.41. The number of amides is 1. The van der Waals surface area contributed by atoms with Crippen LogP contribution < -0.4 is 0 Å². The van der Waals surface area contributed by atoms with Crippen LogP contribution in [0, 0.1) is 0 Å². The van der Waals surface area contributed by atoms with Crippen molar-refractivity contribution in [1.29, 1.82) is 0 Å². The molecule has 1 heterocycles. The molecule has 0 aliphatic carbocycles. The third-order valence-corrected chi connectivity index (χ3v) is 2.51. The first kappa shape index (κ1) is 14.7. The second kappa shape index (κ2) is 4.70. The van der Waals surface area contributed by atoms with E-state index in [4.69, 9.17) is 9.84 Å². The largest absolute Gasteiger partial charge is 0.465 e. The minimum Gasteiger partial charge on any atom is -0.465 e. The molecule has 104 valence electrons. The number of carbonyl (C=O) groups is 2. The van der Waals surface area contributed by atoms with Crippen LogP contribution in [0.25, 0.3) is 0 Å². The molecule has 1 amide bonds. The Hall–Kier alpha value is -1.40. The highest BCUT2D eigenvalue weighted by Crippen LogP contribution is 2.32. The molecule has 1 N–H and O–H groups in total. The SMILES string of the molecule is CC(C)(C)OC(=O)C1CC(F)(F)CCN1C(=O)O. The van der Waals surface area contributed by atoms with Gasteiger partial charge in [-0.1, -0.05) is 0 Å². The van der Waals surface area contributed by atoms with E-state index in [1.54, 1.807) is 20.8 Å². The van der Waals surface area contributed by atoms with Gasteiger partial charge in [0, 0.05) is 19.4 Å². The van der Waals surface area contributed by atoms with Crippen LogP contribution in [0.2, 0.25) is 0 Å². The molecule has 7 heteroatoms. The smallest absolute Gasteiger partial charge is 0.408 e. The van der Waals surface area contributed by atoms with Gasteiger partial charge in [-0.2, -0.15) is 0 Å². The molecule has 1 atom stereocenters. The van der Waals surface area contributed by atoms with Crippen LogP contribution in [-0.4, -0.2) is 46.2 Å². The summed E-state index contributed by atoms with van der Waals surface area (Å²) in [7, 11) is 0. The molecule has 1 saturated heterocycles. The highest BCUT2D eigenvalue weighted by atomic mass is 19.3. The highest BCUT2D eigenvalue weighted by molar-refractivity contribution is 5.81. The summed E-state index contributed by atoms with van der Waals surface area (Å²) in [5.74, 6) is -3.96. The van der Waals surface area contributed by atoms with Crippen molar-refractivity contribution in [3.8, 4) is 0 Å². The summed E-state index contributed by atoms with van der Waals surface area (Å²) in [5, 5.41) is 8.90. The number of halogens is 2. The molecule has 1 fully saturated rings. The van der Waals surface area contributed by atoms with Crippen LogP contribution in [0.15, 0.2) is 0 Å². The number of ether oxygens (including phenoxy) is 1. The van der Waals surface area contributed by atoms with Crippen LogP contribution in [0.5, 0.6) is 0 Å². The predicted octanol–water partition coefficient (Wildman–Crippen LogP) is 2.11. The number of alkyl halides is 2. The van der Waals surface area contributed by atoms with Crippen molar-refractivity contribution in [1.82, 2.24) is 4.90 Å². The Morgan fingerprint density at radius 1 is 1.39 bits per heavy atom. The minimum atomic E-state index is -3.03. The fourth-order valence-electron chi connectivity index (χ4n) is 1.74. The summed E-state index contributed by atoms with van der Waals surface area (Å²) in [6.07, 6.45) is -2.78. The zero-order chi connectivity index (χ0) is 14.1. The van der Waals surface area contributed by atoms with Gasteiger partial charge < -0.3 is 9.84 Å². The molecule has 0 aromatic heterocycles. The lowest BCUT2D eigenvalue weighted by atomic mass is 9.98. The number of carboxylic acid groups (broad SMARTS) is 1. The van der Waals surface area contributed by atoms with Gasteiger partial charge in [0.25, 0.3) is 5.92 Å². The molecule has 1 unspecified atom stereocenters. The van der Waals surface area contributed by atoms with Gasteiger partial charge in [0.05, 0.1) is 0 Å². The van der Waals surface area contributed by atoms with Crippen molar-refractivity contribution >= 4 is 12.1 Å². The second-order valence-corrected chi connectivity index (χ2v) is 5.34. The average Bonchev–Trinajstić information content (AvgIpc) is 2.12. The number of hydrogen-bond donors (Lipinski definition) is 1. The Balaban J connectivity index is 2.85. The number of nitrogens with zero attached hydrogens (tertiary/aromatic N) is 1. The third-order valence-electron chi connectivity index (χ3n) is 2.51. The zero-order valence-electron chi connectivity index (χ0n) is 10.6. The van der Waals surface area contributed by atoms with Gasteiger partial charge in [0.2, 0.25) is 0 Å². The number of carbonyl (C=O) groups excluding carboxylic acids is 1. The molecule has 0 aromatic rings. The second-order valence-electron chi connectivity index (χ2n) is 5.34. The molecular formula is C11H17F2NO4. The van der Waals surface area contributed by atoms with Crippen LogP contribution in [0.1, 0.15) is 33.6 Å². The maximum absolute atomic E-state index is 13.3. The number of hydrogen-bond acceptors (Lipinski definition) is 3. The van der Waals surface area contributed by atoms with E-state index in [0.717, 1.165) is 0 Å². The van der Waals surface area contributed by atoms with Crippen molar-refractivity contribution in [3.05, 3.63) is 0 Å². The normalized spacial score (nSPS) is 23.6. The summed E-state index contributed by atoms with van der Waals surface area (Å²) in [4.78, 5) is 23.4. The topological polar surface area (TPSA) is 66.8 Å². The van der Waals surface area contributed by atoms with Crippen molar-refractivity contribution in [2.45, 2.75) is 51.2 Å². The average molecular weight is 265 g/mol. The Morgan fingerprint density at radius 3 is 2.39 bits per heavy atom. The molecule has 18 heavy (non-hydrogen) atoms. The summed E-state index contributed by atoms with van der Waals surface area (Å²) >= 11 is 0. The maximum atomic E-state index is 13.3. The van der Waals surface area contributed by atoms with Crippen molar-refractivity contribution in [2.24, 2.45) is 0 Å². The first-order valence-electron chi connectivity index (χ1n) is 5.62. The quantitative estimate of drug-likeness (QED) is 0.737.